The molecule has 8 atom stereocenters. The molecular weight excluding hydrogens is 582 g/mol. The van der Waals surface area contributed by atoms with E-state index >= 15 is 0 Å². The Labute approximate surface area is 284 Å². The Kier molecular flexibility index (Phi) is 8.31. The lowest BCUT2D eigenvalue weighted by Gasteiger charge is -2.72. The minimum atomic E-state index is -0.856. The van der Waals surface area contributed by atoms with Gasteiger partial charge < -0.3 is 15.3 Å². The molecule has 6 heteroatoms. The maximum absolute atomic E-state index is 11.8. The Morgan fingerprint density at radius 1 is 0.830 bits per heavy atom. The number of nitrogens with one attached hydrogen (secondary N) is 1. The highest BCUT2D eigenvalue weighted by molar-refractivity contribution is 5.88. The van der Waals surface area contributed by atoms with Crippen molar-refractivity contribution in [3.63, 3.8) is 0 Å². The first kappa shape index (κ1) is 33.3. The first-order valence-electron chi connectivity index (χ1n) is 19.0. The summed E-state index contributed by atoms with van der Waals surface area (Å²) in [6.45, 7) is 20.7. The zero-order chi connectivity index (χ0) is 33.4. The van der Waals surface area contributed by atoms with Gasteiger partial charge in [0.1, 0.15) is 0 Å². The third-order valence-corrected chi connectivity index (χ3v) is 16.1. The smallest absolute Gasteiger partial charge is 0.335 e. The number of piperazine rings is 1. The van der Waals surface area contributed by atoms with Crippen molar-refractivity contribution in [3.8, 4) is 0 Å². The highest BCUT2D eigenvalue weighted by Gasteiger charge is 2.69. The number of carboxylic acids is 1. The third-order valence-electron chi connectivity index (χ3n) is 16.1. The summed E-state index contributed by atoms with van der Waals surface area (Å²) in [4.78, 5) is 27.9. The SMILES string of the molecule is CC(=O)N1CCN(CCN[C@]23CCCC2[C@H]2CCC4[C@@]5(C)CC=C(c6ccc(C(=O)O)cc6)C(C)(C)C5CC[C@@]4(C)[C@]2(C)CC3)CC1. The lowest BCUT2D eigenvalue weighted by atomic mass is 9.33. The first-order chi connectivity index (χ1) is 22.3. The monoisotopic (exact) mass is 643 g/mol. The van der Waals surface area contributed by atoms with E-state index in [-0.39, 0.29) is 16.7 Å². The van der Waals surface area contributed by atoms with Gasteiger partial charge in [-0.2, -0.15) is 0 Å². The average Bonchev–Trinajstić information content (AvgIpc) is 3.45. The van der Waals surface area contributed by atoms with Crippen LogP contribution in [0, 0.1) is 45.3 Å². The molecule has 1 amide bonds. The van der Waals surface area contributed by atoms with Gasteiger partial charge in [0.2, 0.25) is 5.91 Å². The molecule has 1 aromatic carbocycles. The second-order valence-electron chi connectivity index (χ2n) is 18.0. The number of nitrogens with zero attached hydrogens (tertiary/aromatic N) is 2. The van der Waals surface area contributed by atoms with Crippen molar-refractivity contribution in [1.29, 1.82) is 0 Å². The number of carbonyl (C=O) groups is 2. The molecule has 1 saturated heterocycles. The quantitative estimate of drug-likeness (QED) is 0.332. The van der Waals surface area contributed by atoms with Crippen LogP contribution in [0.3, 0.4) is 0 Å². The highest BCUT2D eigenvalue weighted by atomic mass is 16.4. The van der Waals surface area contributed by atoms with Gasteiger partial charge in [-0.15, -0.1) is 0 Å². The summed E-state index contributed by atoms with van der Waals surface area (Å²) in [6, 6.07) is 7.63. The minimum Gasteiger partial charge on any atom is -0.478 e. The molecule has 0 radical (unpaired) electrons. The van der Waals surface area contributed by atoms with Crippen molar-refractivity contribution in [2.45, 2.75) is 111 Å². The maximum atomic E-state index is 11.8. The second-order valence-corrected chi connectivity index (χ2v) is 18.0. The van der Waals surface area contributed by atoms with Gasteiger partial charge >= 0.3 is 5.97 Å². The molecule has 258 valence electrons. The van der Waals surface area contributed by atoms with Crippen LogP contribution in [0.4, 0.5) is 0 Å². The lowest BCUT2D eigenvalue weighted by Crippen LogP contribution is -2.67. The van der Waals surface area contributed by atoms with Crippen molar-refractivity contribution in [1.82, 2.24) is 15.1 Å². The summed E-state index contributed by atoms with van der Waals surface area (Å²) in [5, 5.41) is 13.7. The third kappa shape index (κ3) is 5.08. The lowest BCUT2D eigenvalue weighted by molar-refractivity contribution is -0.217. The molecule has 0 aromatic heterocycles. The molecule has 4 saturated carbocycles. The summed E-state index contributed by atoms with van der Waals surface area (Å²) < 4.78 is 0. The number of allylic oxidation sites excluding steroid dienone is 2. The molecule has 1 heterocycles. The van der Waals surface area contributed by atoms with Crippen molar-refractivity contribution >= 4 is 17.4 Å². The number of amides is 1. The van der Waals surface area contributed by atoms with Crippen LogP contribution in [0.1, 0.15) is 122 Å². The van der Waals surface area contributed by atoms with Crippen LogP contribution in [-0.2, 0) is 4.79 Å². The van der Waals surface area contributed by atoms with E-state index in [1.54, 1.807) is 19.1 Å². The van der Waals surface area contributed by atoms with Gasteiger partial charge in [0.15, 0.2) is 0 Å². The first-order valence-corrected chi connectivity index (χ1v) is 19.0. The number of rotatable bonds is 6. The summed E-state index contributed by atoms with van der Waals surface area (Å²) in [7, 11) is 0. The number of carboxylic acid groups (broad SMARTS) is 1. The molecule has 0 spiro atoms. The molecule has 47 heavy (non-hydrogen) atoms. The molecule has 5 fully saturated rings. The Bertz CT molecular complexity index is 1410. The Balaban J connectivity index is 1.08. The van der Waals surface area contributed by atoms with Gasteiger partial charge in [0.05, 0.1) is 5.56 Å². The number of hydrogen-bond donors (Lipinski definition) is 2. The fraction of sp³-hybridized carbons (Fsp3) is 0.756. The van der Waals surface area contributed by atoms with Crippen LogP contribution in [0.25, 0.3) is 5.57 Å². The number of benzene rings is 1. The van der Waals surface area contributed by atoms with E-state index in [0.29, 0.717) is 27.9 Å². The van der Waals surface area contributed by atoms with Gasteiger partial charge in [-0.25, -0.2) is 4.79 Å². The molecule has 1 aliphatic heterocycles. The van der Waals surface area contributed by atoms with E-state index in [2.05, 4.69) is 50.9 Å². The van der Waals surface area contributed by atoms with Crippen molar-refractivity contribution in [2.24, 2.45) is 45.3 Å². The fourth-order valence-electron chi connectivity index (χ4n) is 13.5. The predicted octanol–water partition coefficient (Wildman–Crippen LogP) is 7.74. The number of hydrogen-bond acceptors (Lipinski definition) is 4. The van der Waals surface area contributed by atoms with E-state index in [1.807, 2.05) is 17.0 Å². The minimum absolute atomic E-state index is 0.0482. The molecule has 2 N–H and O–H groups in total. The molecule has 7 rings (SSSR count). The Morgan fingerprint density at radius 3 is 2.23 bits per heavy atom. The summed E-state index contributed by atoms with van der Waals surface area (Å²) in [6.07, 6.45) is 15.8. The van der Waals surface area contributed by atoms with E-state index in [0.717, 1.165) is 63.4 Å². The summed E-state index contributed by atoms with van der Waals surface area (Å²) in [5.74, 6) is 2.32. The van der Waals surface area contributed by atoms with Crippen molar-refractivity contribution < 1.29 is 14.7 Å². The second kappa shape index (κ2) is 11.7. The number of fused-ring (bicyclic) bond motifs is 7. The summed E-state index contributed by atoms with van der Waals surface area (Å²) >= 11 is 0. The average molecular weight is 644 g/mol. The van der Waals surface area contributed by atoms with Crippen LogP contribution in [0.2, 0.25) is 0 Å². The normalized spacial score (nSPS) is 41.2. The number of aromatic carboxylic acids is 1. The van der Waals surface area contributed by atoms with Gasteiger partial charge in [0.25, 0.3) is 0 Å². The van der Waals surface area contributed by atoms with Gasteiger partial charge in [-0.05, 0) is 126 Å². The van der Waals surface area contributed by atoms with Crippen LogP contribution in [-0.4, -0.2) is 71.6 Å². The summed E-state index contributed by atoms with van der Waals surface area (Å²) in [5.41, 5.74) is 4.36. The zero-order valence-electron chi connectivity index (χ0n) is 30.2. The van der Waals surface area contributed by atoms with Gasteiger partial charge in [-0.1, -0.05) is 59.2 Å². The standard InChI is InChI=1S/C41H61N3O3/c1-28(45)44-26-24-43(25-27-44)23-22-42-41-17-7-8-33(41)32-13-14-35-38(4)18-15-31(29-9-11-30(12-10-29)36(46)47)37(2,3)34(38)16-19-40(35,6)39(32,5)20-21-41/h9-12,15,32-35,42H,7-8,13-14,16-27H2,1-6H3,(H,46,47)/t32-,33?,34?,35?,38+,39-,40-,41+/m1/s1. The molecule has 0 bridgehead atoms. The van der Waals surface area contributed by atoms with Crippen LogP contribution in [0.5, 0.6) is 0 Å². The molecule has 6 aliphatic rings. The van der Waals surface area contributed by atoms with Gasteiger partial charge in [0, 0.05) is 51.7 Å². The Hall–Kier alpha value is -2.18. The molecule has 3 unspecified atom stereocenters. The molecule has 6 nitrogen and oxygen atoms in total. The van der Waals surface area contributed by atoms with Crippen molar-refractivity contribution in [3.05, 3.63) is 41.5 Å². The largest absolute Gasteiger partial charge is 0.478 e. The molecule has 5 aliphatic carbocycles. The van der Waals surface area contributed by atoms with E-state index in [1.165, 1.54) is 68.9 Å². The van der Waals surface area contributed by atoms with Crippen LogP contribution in [0.15, 0.2) is 30.3 Å². The van der Waals surface area contributed by atoms with E-state index in [9.17, 15) is 14.7 Å². The van der Waals surface area contributed by atoms with Crippen LogP contribution < -0.4 is 5.32 Å². The topological polar surface area (TPSA) is 72.9 Å². The Morgan fingerprint density at radius 2 is 1.55 bits per heavy atom. The fourth-order valence-corrected chi connectivity index (χ4v) is 13.5. The van der Waals surface area contributed by atoms with E-state index < -0.39 is 5.97 Å². The van der Waals surface area contributed by atoms with Crippen LogP contribution >= 0.6 is 0 Å². The van der Waals surface area contributed by atoms with Gasteiger partial charge in [-0.3, -0.25) is 9.69 Å². The number of carbonyl (C=O) groups excluding carboxylic acids is 1. The maximum Gasteiger partial charge on any atom is 0.335 e. The zero-order valence-corrected chi connectivity index (χ0v) is 30.2. The molecular formula is C41H61N3O3. The predicted molar refractivity (Wildman–Crippen MR) is 189 cm³/mol. The molecule has 1 aromatic rings. The highest BCUT2D eigenvalue weighted by Crippen LogP contribution is 2.76. The van der Waals surface area contributed by atoms with E-state index in [4.69, 9.17) is 0 Å². The van der Waals surface area contributed by atoms with Crippen molar-refractivity contribution in [2.75, 3.05) is 39.3 Å².